The van der Waals surface area contributed by atoms with Crippen molar-refractivity contribution in [2.45, 2.75) is 12.5 Å². The molecule has 0 fully saturated rings. The van der Waals surface area contributed by atoms with Crippen LogP contribution in [0.2, 0.25) is 0 Å². The predicted molar refractivity (Wildman–Crippen MR) is 101 cm³/mol. The van der Waals surface area contributed by atoms with E-state index in [0.29, 0.717) is 6.61 Å². The molecule has 1 aliphatic rings. The molecule has 3 heterocycles. The average molecular weight is 342 g/mol. The van der Waals surface area contributed by atoms with E-state index >= 15 is 0 Å². The van der Waals surface area contributed by atoms with Crippen LogP contribution < -0.4 is 4.74 Å². The summed E-state index contributed by atoms with van der Waals surface area (Å²) in [5, 5.41) is 0. The van der Waals surface area contributed by atoms with Crippen LogP contribution in [0.15, 0.2) is 83.3 Å². The maximum Gasteiger partial charge on any atom is 0.155 e. The molecule has 0 aliphatic carbocycles. The molecule has 0 saturated carbocycles. The maximum absolute atomic E-state index is 6.63. The Kier molecular flexibility index (Phi) is 3.21. The van der Waals surface area contributed by atoms with E-state index in [4.69, 9.17) is 13.9 Å². The van der Waals surface area contributed by atoms with Gasteiger partial charge in [0.25, 0.3) is 0 Å². The number of para-hydroxylation sites is 2. The van der Waals surface area contributed by atoms with Gasteiger partial charge in [-0.25, -0.2) is 0 Å². The van der Waals surface area contributed by atoms with E-state index < -0.39 is 5.60 Å². The second-order valence-electron chi connectivity index (χ2n) is 6.78. The largest absolute Gasteiger partial charge is 0.457 e. The summed E-state index contributed by atoms with van der Waals surface area (Å²) in [6.07, 6.45) is 0. The quantitative estimate of drug-likeness (QED) is 0.435. The standard InChI is InChI=1S/C23H18O3/c1-15(2)14-24-23(19-13-16-11-12-22(19)25-16)17-7-3-5-9-20(17)26-21-10-6-4-8-18(21)23/h3-13H,1,14H2,2H3. The van der Waals surface area contributed by atoms with Crippen molar-refractivity contribution in [2.24, 2.45) is 0 Å². The van der Waals surface area contributed by atoms with Gasteiger partial charge in [0.05, 0.1) is 6.61 Å². The molecule has 2 bridgehead atoms. The Hall–Kier alpha value is -3.04. The van der Waals surface area contributed by atoms with Crippen molar-refractivity contribution < 1.29 is 13.9 Å². The molecule has 3 nitrogen and oxygen atoms in total. The fraction of sp³-hybridized carbons (Fsp3) is 0.130. The van der Waals surface area contributed by atoms with Crippen molar-refractivity contribution in [1.82, 2.24) is 0 Å². The third-order valence-corrected chi connectivity index (χ3v) is 4.85. The van der Waals surface area contributed by atoms with E-state index in [1.807, 2.05) is 55.5 Å². The molecule has 0 unspecified atom stereocenters. The van der Waals surface area contributed by atoms with Crippen LogP contribution in [-0.2, 0) is 10.3 Å². The Labute approximate surface area is 151 Å². The second kappa shape index (κ2) is 5.48. The van der Waals surface area contributed by atoms with E-state index in [2.05, 4.69) is 24.8 Å². The van der Waals surface area contributed by atoms with Crippen molar-refractivity contribution in [3.05, 3.63) is 95.6 Å². The SMILES string of the molecule is C=C(C)COC1(c2cc3ccc2o3)c2ccccc2Oc2ccccc21. The third-order valence-electron chi connectivity index (χ3n) is 4.85. The van der Waals surface area contributed by atoms with Gasteiger partial charge in [-0.3, -0.25) is 0 Å². The highest BCUT2D eigenvalue weighted by atomic mass is 16.5. The van der Waals surface area contributed by atoms with Gasteiger partial charge in [-0.2, -0.15) is 0 Å². The average Bonchev–Trinajstić information content (AvgIpc) is 3.29. The van der Waals surface area contributed by atoms with Crippen LogP contribution in [0.25, 0.3) is 11.2 Å². The molecule has 0 amide bonds. The van der Waals surface area contributed by atoms with Crippen LogP contribution in [0, 0.1) is 0 Å². The molecule has 2 aromatic heterocycles. The molecule has 2 aromatic carbocycles. The minimum atomic E-state index is -0.799. The summed E-state index contributed by atoms with van der Waals surface area (Å²) in [6.45, 7) is 6.43. The Morgan fingerprint density at radius 2 is 1.58 bits per heavy atom. The summed E-state index contributed by atoms with van der Waals surface area (Å²) in [5.74, 6) is 1.59. The first-order valence-electron chi connectivity index (χ1n) is 8.66. The van der Waals surface area contributed by atoms with Crippen LogP contribution in [0.3, 0.4) is 0 Å². The summed E-state index contributed by atoms with van der Waals surface area (Å²) in [5.41, 5.74) is 4.78. The topological polar surface area (TPSA) is 31.6 Å². The van der Waals surface area contributed by atoms with Gasteiger partial charge in [-0.1, -0.05) is 48.6 Å². The smallest absolute Gasteiger partial charge is 0.155 e. The highest BCUT2D eigenvalue weighted by Gasteiger charge is 2.47. The van der Waals surface area contributed by atoms with Gasteiger partial charge in [0.1, 0.15) is 22.7 Å². The summed E-state index contributed by atoms with van der Waals surface area (Å²) >= 11 is 0. The molecule has 128 valence electrons. The number of hydrogen-bond donors (Lipinski definition) is 0. The first-order chi connectivity index (χ1) is 12.7. The molecular weight excluding hydrogens is 324 g/mol. The number of furan rings is 2. The van der Waals surface area contributed by atoms with Gasteiger partial charge in [0.15, 0.2) is 5.60 Å². The summed E-state index contributed by atoms with van der Waals surface area (Å²) < 4.78 is 18.7. The van der Waals surface area contributed by atoms with E-state index in [1.165, 1.54) is 0 Å². The number of hydrogen-bond acceptors (Lipinski definition) is 3. The highest BCUT2D eigenvalue weighted by molar-refractivity contribution is 5.74. The van der Waals surface area contributed by atoms with Gasteiger partial charge in [-0.05, 0) is 37.3 Å². The summed E-state index contributed by atoms with van der Waals surface area (Å²) in [4.78, 5) is 0. The molecule has 3 heteroatoms. The monoisotopic (exact) mass is 342 g/mol. The zero-order valence-corrected chi connectivity index (χ0v) is 14.5. The van der Waals surface area contributed by atoms with Crippen molar-refractivity contribution in [1.29, 1.82) is 0 Å². The van der Waals surface area contributed by atoms with Crippen molar-refractivity contribution >= 4 is 11.2 Å². The molecule has 26 heavy (non-hydrogen) atoms. The van der Waals surface area contributed by atoms with Gasteiger partial charge >= 0.3 is 0 Å². The molecule has 4 aromatic rings. The molecule has 5 rings (SSSR count). The first-order valence-corrected chi connectivity index (χ1v) is 8.66. The maximum atomic E-state index is 6.63. The minimum Gasteiger partial charge on any atom is -0.457 e. The Morgan fingerprint density at radius 1 is 0.923 bits per heavy atom. The summed E-state index contributed by atoms with van der Waals surface area (Å²) in [6, 6.07) is 22.1. The number of fused-ring (bicyclic) bond motifs is 4. The second-order valence-corrected chi connectivity index (χ2v) is 6.78. The van der Waals surface area contributed by atoms with E-state index in [-0.39, 0.29) is 0 Å². The molecule has 0 N–H and O–H groups in total. The Morgan fingerprint density at radius 3 is 2.12 bits per heavy atom. The number of ether oxygens (including phenoxy) is 2. The lowest BCUT2D eigenvalue weighted by Gasteiger charge is -2.40. The molecular formula is C23H18O3. The van der Waals surface area contributed by atoms with Crippen LogP contribution in [0.4, 0.5) is 0 Å². The highest BCUT2D eigenvalue weighted by Crippen LogP contribution is 2.54. The molecule has 0 atom stereocenters. The van der Waals surface area contributed by atoms with Gasteiger partial charge in [0.2, 0.25) is 0 Å². The number of benzene rings is 3. The van der Waals surface area contributed by atoms with Crippen molar-refractivity contribution in [3.63, 3.8) is 0 Å². The van der Waals surface area contributed by atoms with Crippen molar-refractivity contribution in [3.8, 4) is 11.5 Å². The van der Waals surface area contributed by atoms with Crippen LogP contribution in [-0.4, -0.2) is 6.61 Å². The summed E-state index contributed by atoms with van der Waals surface area (Å²) in [7, 11) is 0. The molecule has 0 saturated heterocycles. The first kappa shape index (κ1) is 15.2. The van der Waals surface area contributed by atoms with E-state index in [1.54, 1.807) is 0 Å². The van der Waals surface area contributed by atoms with Gasteiger partial charge in [-0.15, -0.1) is 0 Å². The molecule has 0 radical (unpaired) electrons. The minimum absolute atomic E-state index is 0.437. The predicted octanol–water partition coefficient (Wildman–Crippen LogP) is 5.86. The van der Waals surface area contributed by atoms with Gasteiger partial charge < -0.3 is 13.9 Å². The van der Waals surface area contributed by atoms with E-state index in [0.717, 1.165) is 44.9 Å². The lowest BCUT2D eigenvalue weighted by molar-refractivity contribution is 0.0217. The third kappa shape index (κ3) is 2.04. The molecule has 0 spiro atoms. The van der Waals surface area contributed by atoms with E-state index in [9.17, 15) is 0 Å². The number of rotatable bonds is 4. The van der Waals surface area contributed by atoms with Gasteiger partial charge in [0, 0.05) is 16.7 Å². The zero-order chi connectivity index (χ0) is 17.7. The molecule has 1 aliphatic heterocycles. The van der Waals surface area contributed by atoms with Crippen LogP contribution in [0.1, 0.15) is 23.6 Å². The van der Waals surface area contributed by atoms with Crippen LogP contribution in [0.5, 0.6) is 11.5 Å². The fourth-order valence-corrected chi connectivity index (χ4v) is 3.78. The Bertz CT molecular complexity index is 1060. The zero-order valence-electron chi connectivity index (χ0n) is 14.5. The Balaban J connectivity index is 1.86. The lowest BCUT2D eigenvalue weighted by Crippen LogP contribution is -2.36. The fourth-order valence-electron chi connectivity index (χ4n) is 3.78. The lowest BCUT2D eigenvalue weighted by atomic mass is 9.77. The normalized spacial score (nSPS) is 14.7. The van der Waals surface area contributed by atoms with Crippen molar-refractivity contribution in [2.75, 3.05) is 6.61 Å². The van der Waals surface area contributed by atoms with Crippen LogP contribution >= 0.6 is 0 Å².